The Kier molecular flexibility index (Phi) is 3.45. The molecule has 0 aromatic heterocycles. The van der Waals surface area contributed by atoms with Crippen molar-refractivity contribution in [3.05, 3.63) is 70.3 Å². The summed E-state index contributed by atoms with van der Waals surface area (Å²) in [6, 6.07) is 15.3. The van der Waals surface area contributed by atoms with Crippen molar-refractivity contribution in [2.45, 2.75) is 4.90 Å². The number of fused-ring (bicyclic) bond motifs is 1. The van der Waals surface area contributed by atoms with Gasteiger partial charge in [0.25, 0.3) is 0 Å². The van der Waals surface area contributed by atoms with Crippen LogP contribution in [0.2, 0.25) is 5.02 Å². The fourth-order valence-corrected chi connectivity index (χ4v) is 3.29. The van der Waals surface area contributed by atoms with Crippen molar-refractivity contribution in [3.63, 3.8) is 0 Å². The highest BCUT2D eigenvalue weighted by atomic mass is 35.5. The van der Waals surface area contributed by atoms with Crippen LogP contribution >= 0.6 is 23.4 Å². The molecule has 0 radical (unpaired) electrons. The summed E-state index contributed by atoms with van der Waals surface area (Å²) < 4.78 is 0. The molecule has 1 aliphatic heterocycles. The lowest BCUT2D eigenvalue weighted by Gasteiger charge is -2.16. The van der Waals surface area contributed by atoms with E-state index in [4.69, 9.17) is 11.6 Å². The average Bonchev–Trinajstić information content (AvgIpc) is 2.42. The van der Waals surface area contributed by atoms with Crippen LogP contribution in [-0.2, 0) is 0 Å². The Bertz CT molecular complexity index is 676. The molecule has 3 rings (SSSR count). The Hall–Kier alpha value is -1.51. The van der Waals surface area contributed by atoms with E-state index in [2.05, 4.69) is 0 Å². The lowest BCUT2D eigenvalue weighted by Crippen LogP contribution is -2.11. The maximum absolute atomic E-state index is 12.4. The molecule has 19 heavy (non-hydrogen) atoms. The maximum Gasteiger partial charge on any atom is 0.191 e. The Balaban J connectivity index is 1.98. The SMILES string of the molecule is O=C1/C(=C/c2cccc(Cl)c2)CSc2ccccc21. The molecular weight excluding hydrogens is 276 g/mol. The Morgan fingerprint density at radius 2 is 1.95 bits per heavy atom. The molecule has 0 atom stereocenters. The number of carbonyl (C=O) groups excluding carboxylic acids is 1. The molecule has 0 bridgehead atoms. The summed E-state index contributed by atoms with van der Waals surface area (Å²) in [7, 11) is 0. The van der Waals surface area contributed by atoms with Crippen molar-refractivity contribution < 1.29 is 4.79 Å². The molecule has 1 heterocycles. The van der Waals surface area contributed by atoms with Crippen LogP contribution in [0.25, 0.3) is 6.08 Å². The number of benzene rings is 2. The van der Waals surface area contributed by atoms with E-state index in [1.165, 1.54) is 0 Å². The minimum Gasteiger partial charge on any atom is -0.289 e. The summed E-state index contributed by atoms with van der Waals surface area (Å²) in [5.74, 6) is 0.830. The lowest BCUT2D eigenvalue weighted by atomic mass is 10.0. The van der Waals surface area contributed by atoms with E-state index in [9.17, 15) is 4.79 Å². The van der Waals surface area contributed by atoms with Gasteiger partial charge < -0.3 is 0 Å². The molecule has 0 aliphatic carbocycles. The first-order valence-electron chi connectivity index (χ1n) is 5.97. The molecule has 0 amide bonds. The number of hydrogen-bond donors (Lipinski definition) is 0. The molecule has 94 valence electrons. The van der Waals surface area contributed by atoms with Gasteiger partial charge in [-0.3, -0.25) is 4.79 Å². The highest BCUT2D eigenvalue weighted by Gasteiger charge is 2.21. The molecule has 2 aromatic rings. The van der Waals surface area contributed by atoms with Gasteiger partial charge in [-0.05, 0) is 35.9 Å². The quantitative estimate of drug-likeness (QED) is 0.706. The van der Waals surface area contributed by atoms with E-state index in [-0.39, 0.29) is 5.78 Å². The first-order valence-corrected chi connectivity index (χ1v) is 7.33. The van der Waals surface area contributed by atoms with Crippen LogP contribution in [0.15, 0.2) is 59.0 Å². The largest absolute Gasteiger partial charge is 0.289 e. The minimum absolute atomic E-state index is 0.120. The summed E-state index contributed by atoms with van der Waals surface area (Å²) in [6.45, 7) is 0. The van der Waals surface area contributed by atoms with Gasteiger partial charge in [0.05, 0.1) is 0 Å². The number of ketones is 1. The first kappa shape index (κ1) is 12.5. The van der Waals surface area contributed by atoms with Gasteiger partial charge in [0, 0.05) is 26.8 Å². The van der Waals surface area contributed by atoms with E-state index in [1.807, 2.05) is 54.6 Å². The number of Topliss-reactive ketones (excluding diaryl/α,β-unsaturated/α-hetero) is 1. The second-order valence-electron chi connectivity index (χ2n) is 4.34. The molecule has 0 N–H and O–H groups in total. The Morgan fingerprint density at radius 3 is 2.79 bits per heavy atom. The van der Waals surface area contributed by atoms with E-state index >= 15 is 0 Å². The van der Waals surface area contributed by atoms with Crippen LogP contribution in [0.4, 0.5) is 0 Å². The molecular formula is C16H11ClOS. The zero-order valence-corrected chi connectivity index (χ0v) is 11.7. The zero-order valence-electron chi connectivity index (χ0n) is 10.1. The third-order valence-electron chi connectivity index (χ3n) is 3.00. The van der Waals surface area contributed by atoms with E-state index < -0.39 is 0 Å². The van der Waals surface area contributed by atoms with E-state index in [0.717, 1.165) is 21.6 Å². The minimum atomic E-state index is 0.120. The maximum atomic E-state index is 12.4. The van der Waals surface area contributed by atoms with Crippen molar-refractivity contribution in [1.29, 1.82) is 0 Å². The van der Waals surface area contributed by atoms with Gasteiger partial charge in [0.15, 0.2) is 5.78 Å². The number of carbonyl (C=O) groups is 1. The average molecular weight is 287 g/mol. The molecule has 3 heteroatoms. The van der Waals surface area contributed by atoms with Crippen LogP contribution in [0.1, 0.15) is 15.9 Å². The summed E-state index contributed by atoms with van der Waals surface area (Å²) in [5, 5.41) is 0.686. The fraction of sp³-hybridized carbons (Fsp3) is 0.0625. The van der Waals surface area contributed by atoms with Gasteiger partial charge in [-0.2, -0.15) is 0 Å². The summed E-state index contributed by atoms with van der Waals surface area (Å²) in [6.07, 6.45) is 1.93. The number of rotatable bonds is 1. The molecule has 0 spiro atoms. The zero-order chi connectivity index (χ0) is 13.2. The topological polar surface area (TPSA) is 17.1 Å². The summed E-state index contributed by atoms with van der Waals surface area (Å²) in [5.41, 5.74) is 2.59. The second-order valence-corrected chi connectivity index (χ2v) is 5.79. The van der Waals surface area contributed by atoms with Crippen molar-refractivity contribution in [2.75, 3.05) is 5.75 Å². The molecule has 0 unspecified atom stereocenters. The summed E-state index contributed by atoms with van der Waals surface area (Å²) >= 11 is 7.66. The van der Waals surface area contributed by atoms with Crippen LogP contribution in [0.3, 0.4) is 0 Å². The highest BCUT2D eigenvalue weighted by Crippen LogP contribution is 2.33. The number of halogens is 1. The lowest BCUT2D eigenvalue weighted by molar-refractivity contribution is 0.103. The number of hydrogen-bond acceptors (Lipinski definition) is 2. The monoisotopic (exact) mass is 286 g/mol. The molecule has 0 saturated heterocycles. The highest BCUT2D eigenvalue weighted by molar-refractivity contribution is 7.99. The molecule has 0 saturated carbocycles. The van der Waals surface area contributed by atoms with Crippen LogP contribution in [0, 0.1) is 0 Å². The Labute approximate surface area is 121 Å². The van der Waals surface area contributed by atoms with Gasteiger partial charge in [-0.15, -0.1) is 11.8 Å². The van der Waals surface area contributed by atoms with Crippen molar-refractivity contribution in [1.82, 2.24) is 0 Å². The standard InChI is InChI=1S/C16H11ClOS/c17-13-5-3-4-11(9-13)8-12-10-19-15-7-2-1-6-14(15)16(12)18/h1-9H,10H2/b12-8+. The van der Waals surface area contributed by atoms with Crippen LogP contribution in [-0.4, -0.2) is 11.5 Å². The van der Waals surface area contributed by atoms with Gasteiger partial charge in [-0.1, -0.05) is 35.9 Å². The fourth-order valence-electron chi connectivity index (χ4n) is 2.08. The predicted octanol–water partition coefficient (Wildman–Crippen LogP) is 4.71. The predicted molar refractivity (Wildman–Crippen MR) is 80.9 cm³/mol. The Morgan fingerprint density at radius 1 is 1.11 bits per heavy atom. The van der Waals surface area contributed by atoms with E-state index in [0.29, 0.717) is 10.8 Å². The third-order valence-corrected chi connectivity index (χ3v) is 4.35. The van der Waals surface area contributed by atoms with Gasteiger partial charge in [-0.25, -0.2) is 0 Å². The van der Waals surface area contributed by atoms with Gasteiger partial charge in [0.2, 0.25) is 0 Å². The summed E-state index contributed by atoms with van der Waals surface area (Å²) in [4.78, 5) is 13.5. The van der Waals surface area contributed by atoms with Crippen molar-refractivity contribution in [2.24, 2.45) is 0 Å². The smallest absolute Gasteiger partial charge is 0.191 e. The number of thioether (sulfide) groups is 1. The van der Waals surface area contributed by atoms with Crippen LogP contribution < -0.4 is 0 Å². The molecule has 1 aliphatic rings. The first-order chi connectivity index (χ1) is 9.24. The third kappa shape index (κ3) is 2.60. The van der Waals surface area contributed by atoms with Crippen molar-refractivity contribution >= 4 is 35.2 Å². The molecule has 0 fully saturated rings. The second kappa shape index (κ2) is 5.24. The molecule has 2 aromatic carbocycles. The van der Waals surface area contributed by atoms with Crippen molar-refractivity contribution in [3.8, 4) is 0 Å². The van der Waals surface area contributed by atoms with Crippen LogP contribution in [0.5, 0.6) is 0 Å². The van der Waals surface area contributed by atoms with Gasteiger partial charge in [0.1, 0.15) is 0 Å². The molecule has 1 nitrogen and oxygen atoms in total. The normalized spacial score (nSPS) is 16.5. The van der Waals surface area contributed by atoms with Gasteiger partial charge >= 0.3 is 0 Å². The van der Waals surface area contributed by atoms with E-state index in [1.54, 1.807) is 11.8 Å².